The van der Waals surface area contributed by atoms with E-state index in [1.54, 1.807) is 18.5 Å². The van der Waals surface area contributed by atoms with Gasteiger partial charge in [0.05, 0.1) is 28.7 Å². The number of benzene rings is 1. The van der Waals surface area contributed by atoms with Gasteiger partial charge in [-0.25, -0.2) is 14.8 Å². The quantitative estimate of drug-likeness (QED) is 0.679. The third kappa shape index (κ3) is 4.68. The molecule has 2 aromatic rings. The first-order valence-corrected chi connectivity index (χ1v) is 10.2. The minimum absolute atomic E-state index is 0. The van der Waals surface area contributed by atoms with Gasteiger partial charge in [0, 0.05) is 36.8 Å². The van der Waals surface area contributed by atoms with E-state index in [2.05, 4.69) is 33.2 Å². The Balaban J connectivity index is 0.00000256. The Morgan fingerprint density at radius 3 is 2.50 bits per heavy atom. The van der Waals surface area contributed by atoms with Crippen molar-refractivity contribution in [1.29, 1.82) is 5.26 Å². The summed E-state index contributed by atoms with van der Waals surface area (Å²) in [6.07, 6.45) is 5.66. The zero-order valence-electron chi connectivity index (χ0n) is 16.9. The lowest BCUT2D eigenvalue weighted by Gasteiger charge is -2.45. The van der Waals surface area contributed by atoms with Crippen molar-refractivity contribution in [2.75, 3.05) is 23.3 Å². The standard InChI is InChI=1S/C21H23ClN6O.BrH/c1-13-12-28(21(29)26-17-9-24-20(25-10-17)15-3-4-15)14(2)11-27(13)18-6-5-16(8-23)19(22)7-18;/h5-7,9-10,13-15H,3-4,11-12H2,1-2H3,(H,26,29);1H/t13-,14+;/m0./s1. The summed E-state index contributed by atoms with van der Waals surface area (Å²) in [6.45, 7) is 5.35. The predicted molar refractivity (Wildman–Crippen MR) is 122 cm³/mol. The van der Waals surface area contributed by atoms with E-state index in [0.29, 0.717) is 35.3 Å². The van der Waals surface area contributed by atoms with Gasteiger partial charge < -0.3 is 15.1 Å². The lowest BCUT2D eigenvalue weighted by Crippen LogP contribution is -2.59. The van der Waals surface area contributed by atoms with Gasteiger partial charge in [0.15, 0.2) is 0 Å². The van der Waals surface area contributed by atoms with Crippen LogP contribution in [0.4, 0.5) is 16.2 Å². The smallest absolute Gasteiger partial charge is 0.322 e. The van der Waals surface area contributed by atoms with Crippen LogP contribution < -0.4 is 10.2 Å². The van der Waals surface area contributed by atoms with Crippen LogP contribution in [0.1, 0.15) is 44.0 Å². The molecule has 0 spiro atoms. The van der Waals surface area contributed by atoms with Crippen LogP contribution in [0.25, 0.3) is 0 Å². The van der Waals surface area contributed by atoms with Crippen LogP contribution in [0, 0.1) is 11.3 Å². The molecule has 1 saturated carbocycles. The average Bonchev–Trinajstić information content (AvgIpc) is 3.55. The van der Waals surface area contributed by atoms with E-state index in [1.165, 1.54) is 0 Å². The number of carbonyl (C=O) groups is 1. The molecule has 1 aromatic carbocycles. The van der Waals surface area contributed by atoms with E-state index in [1.807, 2.05) is 24.0 Å². The van der Waals surface area contributed by atoms with Crippen LogP contribution >= 0.6 is 28.6 Å². The number of hydrogen-bond acceptors (Lipinski definition) is 5. The Morgan fingerprint density at radius 2 is 1.90 bits per heavy atom. The predicted octanol–water partition coefficient (Wildman–Crippen LogP) is 4.59. The summed E-state index contributed by atoms with van der Waals surface area (Å²) in [6, 6.07) is 7.50. The van der Waals surface area contributed by atoms with Gasteiger partial charge in [-0.3, -0.25) is 0 Å². The van der Waals surface area contributed by atoms with Crippen molar-refractivity contribution in [2.45, 2.75) is 44.7 Å². The highest BCUT2D eigenvalue weighted by molar-refractivity contribution is 8.93. The first-order chi connectivity index (χ1) is 14.0. The molecule has 2 heterocycles. The van der Waals surface area contributed by atoms with E-state index < -0.39 is 0 Å². The number of nitrogens with zero attached hydrogens (tertiary/aromatic N) is 5. The van der Waals surface area contributed by atoms with Gasteiger partial charge in [0.25, 0.3) is 0 Å². The number of nitriles is 1. The number of rotatable bonds is 3. The second-order valence-corrected chi connectivity index (χ2v) is 8.22. The molecule has 7 nitrogen and oxygen atoms in total. The topological polar surface area (TPSA) is 85.2 Å². The number of urea groups is 1. The Labute approximate surface area is 191 Å². The number of carbonyl (C=O) groups excluding carboxylic acids is 1. The summed E-state index contributed by atoms with van der Waals surface area (Å²) in [5.41, 5.74) is 2.03. The van der Waals surface area contributed by atoms with Crippen molar-refractivity contribution in [3.63, 3.8) is 0 Å². The summed E-state index contributed by atoms with van der Waals surface area (Å²) in [7, 11) is 0. The van der Waals surface area contributed by atoms with Gasteiger partial charge in [-0.15, -0.1) is 17.0 Å². The number of hydrogen-bond donors (Lipinski definition) is 1. The summed E-state index contributed by atoms with van der Waals surface area (Å²) >= 11 is 6.20. The van der Waals surface area contributed by atoms with Crippen LogP contribution in [0.5, 0.6) is 0 Å². The second-order valence-electron chi connectivity index (χ2n) is 7.81. The number of piperazine rings is 1. The first-order valence-electron chi connectivity index (χ1n) is 9.82. The zero-order valence-corrected chi connectivity index (χ0v) is 19.3. The molecule has 2 atom stereocenters. The van der Waals surface area contributed by atoms with E-state index >= 15 is 0 Å². The SMILES string of the molecule is Br.C[C@@H]1CN(c2ccc(C#N)c(Cl)c2)[C@@H](C)CN1C(=O)Nc1cnc(C2CC2)nc1. The fourth-order valence-electron chi connectivity index (χ4n) is 3.69. The molecule has 1 aliphatic carbocycles. The molecule has 9 heteroatoms. The molecule has 0 unspecified atom stereocenters. The van der Waals surface area contributed by atoms with Gasteiger partial charge in [-0.05, 0) is 44.9 Å². The lowest BCUT2D eigenvalue weighted by atomic mass is 10.1. The fourth-order valence-corrected chi connectivity index (χ4v) is 3.91. The van der Waals surface area contributed by atoms with E-state index in [9.17, 15) is 4.79 Å². The molecule has 1 aromatic heterocycles. The highest BCUT2D eigenvalue weighted by Crippen LogP contribution is 2.37. The number of anilines is 2. The largest absolute Gasteiger partial charge is 0.365 e. The molecule has 1 aliphatic heterocycles. The van der Waals surface area contributed by atoms with Gasteiger partial charge in [0.2, 0.25) is 0 Å². The third-order valence-corrected chi connectivity index (χ3v) is 5.83. The number of nitrogens with one attached hydrogen (secondary N) is 1. The maximum absolute atomic E-state index is 12.8. The number of amides is 2. The highest BCUT2D eigenvalue weighted by Gasteiger charge is 2.32. The van der Waals surface area contributed by atoms with Gasteiger partial charge in [-0.2, -0.15) is 5.26 Å². The normalized spacial score (nSPS) is 20.9. The molecule has 4 rings (SSSR count). The van der Waals surface area contributed by atoms with Crippen LogP contribution in [0.15, 0.2) is 30.6 Å². The molecule has 1 N–H and O–H groups in total. The minimum atomic E-state index is -0.148. The first kappa shape index (κ1) is 22.3. The Hall–Kier alpha value is -2.37. The Morgan fingerprint density at radius 1 is 1.20 bits per heavy atom. The van der Waals surface area contributed by atoms with Crippen molar-refractivity contribution in [2.24, 2.45) is 0 Å². The maximum atomic E-state index is 12.8. The van der Waals surface area contributed by atoms with Crippen molar-refractivity contribution in [1.82, 2.24) is 14.9 Å². The molecule has 30 heavy (non-hydrogen) atoms. The monoisotopic (exact) mass is 490 g/mol. The average molecular weight is 492 g/mol. The minimum Gasteiger partial charge on any atom is -0.365 e. The summed E-state index contributed by atoms with van der Waals surface area (Å²) < 4.78 is 0. The maximum Gasteiger partial charge on any atom is 0.322 e. The Bertz CT molecular complexity index is 959. The molecule has 158 valence electrons. The lowest BCUT2D eigenvalue weighted by molar-refractivity contribution is 0.173. The van der Waals surface area contributed by atoms with Crippen molar-refractivity contribution < 1.29 is 4.79 Å². The molecule has 1 saturated heterocycles. The van der Waals surface area contributed by atoms with E-state index in [4.69, 9.17) is 16.9 Å². The molecule has 2 aliphatic rings. The molecule has 2 amide bonds. The van der Waals surface area contributed by atoms with Gasteiger partial charge in [-0.1, -0.05) is 11.6 Å². The van der Waals surface area contributed by atoms with Crippen LogP contribution in [0.3, 0.4) is 0 Å². The molecular formula is C21H24BrClN6O. The van der Waals surface area contributed by atoms with Crippen molar-refractivity contribution >= 4 is 46.0 Å². The van der Waals surface area contributed by atoms with Crippen molar-refractivity contribution in [3.05, 3.63) is 47.0 Å². The molecular weight excluding hydrogens is 468 g/mol. The summed E-state index contributed by atoms with van der Waals surface area (Å²) in [5, 5.41) is 12.4. The molecule has 0 bridgehead atoms. The van der Waals surface area contributed by atoms with Gasteiger partial charge >= 0.3 is 6.03 Å². The number of halogens is 2. The second kappa shape index (κ2) is 9.19. The fraction of sp³-hybridized carbons (Fsp3) is 0.429. The molecule has 0 radical (unpaired) electrons. The van der Waals surface area contributed by atoms with Gasteiger partial charge in [0.1, 0.15) is 11.9 Å². The molecule has 2 fully saturated rings. The highest BCUT2D eigenvalue weighted by atomic mass is 79.9. The zero-order chi connectivity index (χ0) is 20.5. The third-order valence-electron chi connectivity index (χ3n) is 5.52. The van der Waals surface area contributed by atoms with Crippen LogP contribution in [0.2, 0.25) is 5.02 Å². The van der Waals surface area contributed by atoms with Crippen LogP contribution in [-0.4, -0.2) is 46.1 Å². The van der Waals surface area contributed by atoms with E-state index in [0.717, 1.165) is 24.4 Å². The van der Waals surface area contributed by atoms with Crippen molar-refractivity contribution in [3.8, 4) is 6.07 Å². The Kier molecular flexibility index (Phi) is 6.84. The summed E-state index contributed by atoms with van der Waals surface area (Å²) in [4.78, 5) is 25.6. The number of aromatic nitrogens is 2. The summed E-state index contributed by atoms with van der Waals surface area (Å²) in [5.74, 6) is 1.35. The van der Waals surface area contributed by atoms with Crippen LogP contribution in [-0.2, 0) is 0 Å². The van der Waals surface area contributed by atoms with E-state index in [-0.39, 0.29) is 35.1 Å².